The summed E-state index contributed by atoms with van der Waals surface area (Å²) in [6.07, 6.45) is 0. The van der Waals surface area contributed by atoms with Crippen molar-refractivity contribution in [3.8, 4) is 0 Å². The van der Waals surface area contributed by atoms with Crippen LogP contribution in [-0.2, 0) is 0 Å². The first kappa shape index (κ1) is 11.5. The van der Waals surface area contributed by atoms with Gasteiger partial charge in [0.1, 0.15) is 0 Å². The second-order valence-corrected chi connectivity index (χ2v) is 4.60. The second-order valence-electron chi connectivity index (χ2n) is 4.07. The fourth-order valence-corrected chi connectivity index (χ4v) is 1.80. The van der Waals surface area contributed by atoms with E-state index in [0.717, 1.165) is 6.54 Å². The first-order valence-electron chi connectivity index (χ1n) is 4.86. The minimum atomic E-state index is 0.0873. The summed E-state index contributed by atoms with van der Waals surface area (Å²) in [7, 11) is 4.08. The standard InChI is InChI=1S/C12H18ClN/c1-9-5-6-11(7-10(9)2)12(13)8-14(3)4/h5-7,12H,8H2,1-4H3. The molecular weight excluding hydrogens is 194 g/mol. The summed E-state index contributed by atoms with van der Waals surface area (Å²) in [5.74, 6) is 0. The molecule has 2 heteroatoms. The lowest BCUT2D eigenvalue weighted by Crippen LogP contribution is -2.17. The Morgan fingerprint density at radius 2 is 1.86 bits per heavy atom. The number of nitrogens with zero attached hydrogens (tertiary/aromatic N) is 1. The zero-order valence-electron chi connectivity index (χ0n) is 9.34. The van der Waals surface area contributed by atoms with Gasteiger partial charge in [-0.3, -0.25) is 0 Å². The summed E-state index contributed by atoms with van der Waals surface area (Å²) in [6.45, 7) is 5.12. The van der Waals surface area contributed by atoms with E-state index in [1.54, 1.807) is 0 Å². The van der Waals surface area contributed by atoms with Crippen LogP contribution in [0.15, 0.2) is 18.2 Å². The monoisotopic (exact) mass is 211 g/mol. The van der Waals surface area contributed by atoms with Crippen molar-refractivity contribution < 1.29 is 0 Å². The average molecular weight is 212 g/mol. The molecule has 0 saturated heterocycles. The third-order valence-corrected chi connectivity index (χ3v) is 2.81. The highest BCUT2D eigenvalue weighted by molar-refractivity contribution is 6.21. The molecule has 1 atom stereocenters. The number of aryl methyl sites for hydroxylation is 2. The number of likely N-dealkylation sites (N-methyl/N-ethyl adjacent to an activating group) is 1. The lowest BCUT2D eigenvalue weighted by atomic mass is 10.0. The number of halogens is 1. The summed E-state index contributed by atoms with van der Waals surface area (Å²) in [6, 6.07) is 6.43. The van der Waals surface area contributed by atoms with E-state index in [1.807, 2.05) is 14.1 Å². The van der Waals surface area contributed by atoms with E-state index in [4.69, 9.17) is 11.6 Å². The zero-order chi connectivity index (χ0) is 10.7. The maximum absolute atomic E-state index is 6.28. The van der Waals surface area contributed by atoms with Gasteiger partial charge in [0.15, 0.2) is 0 Å². The van der Waals surface area contributed by atoms with Crippen LogP contribution in [0, 0.1) is 13.8 Å². The van der Waals surface area contributed by atoms with Crippen molar-refractivity contribution in [3.05, 3.63) is 34.9 Å². The molecule has 0 N–H and O–H groups in total. The molecule has 1 rings (SSSR count). The van der Waals surface area contributed by atoms with Crippen LogP contribution >= 0.6 is 11.6 Å². The molecule has 0 aliphatic heterocycles. The van der Waals surface area contributed by atoms with Gasteiger partial charge in [0.25, 0.3) is 0 Å². The van der Waals surface area contributed by atoms with Crippen LogP contribution in [0.1, 0.15) is 22.1 Å². The molecule has 0 aliphatic rings. The van der Waals surface area contributed by atoms with Gasteiger partial charge in [-0.25, -0.2) is 0 Å². The molecule has 78 valence electrons. The maximum atomic E-state index is 6.28. The molecule has 0 aliphatic carbocycles. The number of rotatable bonds is 3. The number of hydrogen-bond acceptors (Lipinski definition) is 1. The van der Waals surface area contributed by atoms with E-state index in [0.29, 0.717) is 0 Å². The molecular formula is C12H18ClN. The molecule has 0 radical (unpaired) electrons. The Morgan fingerprint density at radius 3 is 2.36 bits per heavy atom. The predicted molar refractivity (Wildman–Crippen MR) is 63.1 cm³/mol. The average Bonchev–Trinajstić information content (AvgIpc) is 2.08. The van der Waals surface area contributed by atoms with Crippen molar-refractivity contribution in [1.29, 1.82) is 0 Å². The molecule has 0 bridgehead atoms. The summed E-state index contributed by atoms with van der Waals surface area (Å²) < 4.78 is 0. The molecule has 1 nitrogen and oxygen atoms in total. The van der Waals surface area contributed by atoms with Crippen LogP contribution in [0.2, 0.25) is 0 Å². The van der Waals surface area contributed by atoms with Gasteiger partial charge in [-0.15, -0.1) is 11.6 Å². The highest BCUT2D eigenvalue weighted by Crippen LogP contribution is 2.22. The van der Waals surface area contributed by atoms with Crippen LogP contribution in [0.4, 0.5) is 0 Å². The molecule has 1 unspecified atom stereocenters. The Kier molecular flexibility index (Phi) is 3.97. The van der Waals surface area contributed by atoms with Gasteiger partial charge in [0.05, 0.1) is 5.38 Å². The zero-order valence-corrected chi connectivity index (χ0v) is 10.1. The van der Waals surface area contributed by atoms with Crippen molar-refractivity contribution in [2.45, 2.75) is 19.2 Å². The highest BCUT2D eigenvalue weighted by atomic mass is 35.5. The Balaban J connectivity index is 2.80. The van der Waals surface area contributed by atoms with Gasteiger partial charge < -0.3 is 4.90 Å². The fraction of sp³-hybridized carbons (Fsp3) is 0.500. The van der Waals surface area contributed by atoms with Gasteiger partial charge >= 0.3 is 0 Å². The molecule has 0 aromatic heterocycles. The van der Waals surface area contributed by atoms with Crippen molar-refractivity contribution in [2.24, 2.45) is 0 Å². The molecule has 0 spiro atoms. The summed E-state index contributed by atoms with van der Waals surface area (Å²) in [5.41, 5.74) is 3.85. The molecule has 0 saturated carbocycles. The first-order valence-corrected chi connectivity index (χ1v) is 5.30. The summed E-state index contributed by atoms with van der Waals surface area (Å²) >= 11 is 6.28. The van der Waals surface area contributed by atoms with Gasteiger partial charge in [-0.2, -0.15) is 0 Å². The summed E-state index contributed by atoms with van der Waals surface area (Å²) in [4.78, 5) is 2.10. The number of hydrogen-bond donors (Lipinski definition) is 0. The predicted octanol–water partition coefficient (Wildman–Crippen LogP) is 3.14. The minimum absolute atomic E-state index is 0.0873. The molecule has 0 fully saturated rings. The van der Waals surface area contributed by atoms with Gasteiger partial charge in [0.2, 0.25) is 0 Å². The van der Waals surface area contributed by atoms with Crippen LogP contribution in [0.5, 0.6) is 0 Å². The topological polar surface area (TPSA) is 3.24 Å². The van der Waals surface area contributed by atoms with E-state index >= 15 is 0 Å². The van der Waals surface area contributed by atoms with Gasteiger partial charge in [-0.05, 0) is 44.6 Å². The first-order chi connectivity index (χ1) is 6.50. The van der Waals surface area contributed by atoms with E-state index in [-0.39, 0.29) is 5.38 Å². The van der Waals surface area contributed by atoms with Crippen molar-refractivity contribution in [2.75, 3.05) is 20.6 Å². The highest BCUT2D eigenvalue weighted by Gasteiger charge is 2.09. The number of benzene rings is 1. The molecule has 1 aromatic carbocycles. The SMILES string of the molecule is Cc1ccc(C(Cl)CN(C)C)cc1C. The van der Waals surface area contributed by atoms with Crippen LogP contribution < -0.4 is 0 Å². The lowest BCUT2D eigenvalue weighted by Gasteiger charge is -2.16. The van der Waals surface area contributed by atoms with Crippen LogP contribution in [-0.4, -0.2) is 25.5 Å². The van der Waals surface area contributed by atoms with Crippen molar-refractivity contribution >= 4 is 11.6 Å². The van der Waals surface area contributed by atoms with Crippen molar-refractivity contribution in [1.82, 2.24) is 4.90 Å². The molecule has 0 amide bonds. The third kappa shape index (κ3) is 3.00. The second kappa shape index (κ2) is 4.81. The molecule has 14 heavy (non-hydrogen) atoms. The smallest absolute Gasteiger partial charge is 0.0712 e. The van der Waals surface area contributed by atoms with Crippen molar-refractivity contribution in [3.63, 3.8) is 0 Å². The minimum Gasteiger partial charge on any atom is -0.308 e. The van der Waals surface area contributed by atoms with Crippen LogP contribution in [0.3, 0.4) is 0 Å². The Hall–Kier alpha value is -0.530. The van der Waals surface area contributed by atoms with Gasteiger partial charge in [0, 0.05) is 6.54 Å². The quantitative estimate of drug-likeness (QED) is 0.695. The molecule has 1 aromatic rings. The Labute approximate surface area is 91.7 Å². The lowest BCUT2D eigenvalue weighted by molar-refractivity contribution is 0.408. The summed E-state index contributed by atoms with van der Waals surface area (Å²) in [5, 5.41) is 0.0873. The Morgan fingerprint density at radius 1 is 1.21 bits per heavy atom. The van der Waals surface area contributed by atoms with E-state index in [9.17, 15) is 0 Å². The normalized spacial score (nSPS) is 13.3. The largest absolute Gasteiger partial charge is 0.308 e. The number of alkyl halides is 1. The van der Waals surface area contributed by atoms with Crippen LogP contribution in [0.25, 0.3) is 0 Å². The van der Waals surface area contributed by atoms with E-state index < -0.39 is 0 Å². The van der Waals surface area contributed by atoms with Gasteiger partial charge in [-0.1, -0.05) is 18.2 Å². The maximum Gasteiger partial charge on any atom is 0.0712 e. The fourth-order valence-electron chi connectivity index (χ4n) is 1.39. The van der Waals surface area contributed by atoms with E-state index in [1.165, 1.54) is 16.7 Å². The van der Waals surface area contributed by atoms with E-state index in [2.05, 4.69) is 36.9 Å². The third-order valence-electron chi connectivity index (χ3n) is 2.42. The Bertz CT molecular complexity index is 307. The molecule has 0 heterocycles.